The van der Waals surface area contributed by atoms with Crippen LogP contribution in [-0.4, -0.2) is 19.4 Å². The van der Waals surface area contributed by atoms with Crippen molar-refractivity contribution < 1.29 is 9.13 Å². The fourth-order valence-corrected chi connectivity index (χ4v) is 1.35. The van der Waals surface area contributed by atoms with E-state index >= 15 is 0 Å². The van der Waals surface area contributed by atoms with Crippen molar-refractivity contribution in [3.05, 3.63) is 0 Å². The quantitative estimate of drug-likeness (QED) is 0.579. The van der Waals surface area contributed by atoms with Gasteiger partial charge in [-0.15, -0.1) is 0 Å². The maximum atomic E-state index is 13.2. The minimum atomic E-state index is -0.664. The Morgan fingerprint density at radius 3 is 2.60 bits per heavy atom. The molecule has 0 aromatic rings. The minimum Gasteiger partial charge on any atom is -0.381 e. The number of hydrogen-bond acceptors (Lipinski definition) is 1. The summed E-state index contributed by atoms with van der Waals surface area (Å²) in [5, 5.41) is 0. The van der Waals surface area contributed by atoms with Crippen molar-refractivity contribution in [3.8, 4) is 0 Å². The van der Waals surface area contributed by atoms with Crippen molar-refractivity contribution in [1.82, 2.24) is 0 Å². The minimum absolute atomic E-state index is 0.145. The van der Waals surface area contributed by atoms with Gasteiger partial charge in [-0.05, 0) is 12.3 Å². The summed E-state index contributed by atoms with van der Waals surface area (Å²) in [6.45, 7) is 5.21. The van der Waals surface area contributed by atoms with E-state index < -0.39 is 6.17 Å². The normalized spacial score (nSPS) is 29.4. The van der Waals surface area contributed by atoms with Crippen molar-refractivity contribution in [2.75, 3.05) is 13.2 Å². The summed E-state index contributed by atoms with van der Waals surface area (Å²) in [5.41, 5.74) is 0. The zero-order valence-electron chi connectivity index (χ0n) is 6.64. The second-order valence-electron chi connectivity index (χ2n) is 3.31. The first kappa shape index (κ1) is 7.99. The molecule has 10 heavy (non-hydrogen) atoms. The molecule has 0 bridgehead atoms. The highest BCUT2D eigenvalue weighted by Crippen LogP contribution is 2.24. The molecule has 60 valence electrons. The van der Waals surface area contributed by atoms with Gasteiger partial charge in [0.25, 0.3) is 0 Å². The second kappa shape index (κ2) is 3.33. The lowest BCUT2D eigenvalue weighted by molar-refractivity contribution is 0.131. The van der Waals surface area contributed by atoms with Gasteiger partial charge in [-0.25, -0.2) is 4.39 Å². The first-order chi connectivity index (χ1) is 4.72. The predicted molar refractivity (Wildman–Crippen MR) is 38.7 cm³/mol. The van der Waals surface area contributed by atoms with Crippen LogP contribution >= 0.6 is 0 Å². The lowest BCUT2D eigenvalue weighted by atomic mass is 9.94. The fraction of sp³-hybridized carbons (Fsp3) is 1.00. The third-order valence-electron chi connectivity index (χ3n) is 2.05. The Morgan fingerprint density at radius 2 is 2.20 bits per heavy atom. The molecule has 0 amide bonds. The molecule has 1 nitrogen and oxygen atoms in total. The first-order valence-electron chi connectivity index (χ1n) is 3.93. The largest absolute Gasteiger partial charge is 0.381 e. The topological polar surface area (TPSA) is 9.23 Å². The summed E-state index contributed by atoms with van der Waals surface area (Å²) in [7, 11) is 0. The van der Waals surface area contributed by atoms with Crippen LogP contribution in [0.2, 0.25) is 0 Å². The molecule has 2 atom stereocenters. The van der Waals surface area contributed by atoms with Crippen molar-refractivity contribution in [1.29, 1.82) is 0 Å². The van der Waals surface area contributed by atoms with Crippen LogP contribution in [0.25, 0.3) is 0 Å². The molecule has 1 rings (SSSR count). The molecule has 0 N–H and O–H groups in total. The van der Waals surface area contributed by atoms with E-state index in [-0.39, 0.29) is 11.8 Å². The summed E-state index contributed by atoms with van der Waals surface area (Å²) >= 11 is 0. The maximum Gasteiger partial charge on any atom is 0.107 e. The van der Waals surface area contributed by atoms with Crippen LogP contribution in [0.15, 0.2) is 0 Å². The molecule has 0 spiro atoms. The van der Waals surface area contributed by atoms with Crippen molar-refractivity contribution in [3.63, 3.8) is 0 Å². The van der Waals surface area contributed by atoms with Gasteiger partial charge in [0.15, 0.2) is 0 Å². The van der Waals surface area contributed by atoms with E-state index in [9.17, 15) is 4.39 Å². The Kier molecular flexibility index (Phi) is 2.66. The van der Waals surface area contributed by atoms with Gasteiger partial charge in [-0.3, -0.25) is 0 Å². The molecule has 2 heteroatoms. The van der Waals surface area contributed by atoms with Gasteiger partial charge in [-0.1, -0.05) is 13.8 Å². The summed E-state index contributed by atoms with van der Waals surface area (Å²) in [6, 6.07) is 0. The number of ether oxygens (including phenoxy) is 1. The second-order valence-corrected chi connectivity index (χ2v) is 3.31. The van der Waals surface area contributed by atoms with E-state index in [2.05, 4.69) is 0 Å². The van der Waals surface area contributed by atoms with Gasteiger partial charge in [0.1, 0.15) is 6.17 Å². The molecular weight excluding hydrogens is 131 g/mol. The standard InChI is InChI=1S/C8H15FO/c1-6(2)8(9)7-3-4-10-5-7/h6-8H,3-5H2,1-2H3/t7-,8?/m0/s1. The highest BCUT2D eigenvalue weighted by Gasteiger charge is 2.27. The third-order valence-corrected chi connectivity index (χ3v) is 2.05. The van der Waals surface area contributed by atoms with Gasteiger partial charge < -0.3 is 4.74 Å². The molecule has 0 saturated carbocycles. The summed E-state index contributed by atoms with van der Waals surface area (Å²) < 4.78 is 18.2. The van der Waals surface area contributed by atoms with Crippen molar-refractivity contribution in [2.24, 2.45) is 11.8 Å². The molecule has 1 saturated heterocycles. The van der Waals surface area contributed by atoms with Crippen LogP contribution in [-0.2, 0) is 4.74 Å². The van der Waals surface area contributed by atoms with Crippen LogP contribution in [0.3, 0.4) is 0 Å². The van der Waals surface area contributed by atoms with E-state index in [1.807, 2.05) is 13.8 Å². The molecule has 0 aromatic carbocycles. The van der Waals surface area contributed by atoms with Crippen LogP contribution in [0.1, 0.15) is 20.3 Å². The lowest BCUT2D eigenvalue weighted by Crippen LogP contribution is -2.21. The summed E-state index contributed by atoms with van der Waals surface area (Å²) in [6.07, 6.45) is 0.238. The Hall–Kier alpha value is -0.110. The molecule has 1 heterocycles. The Labute approximate surface area is 61.6 Å². The van der Waals surface area contributed by atoms with Gasteiger partial charge in [0.05, 0.1) is 6.61 Å². The van der Waals surface area contributed by atoms with E-state index in [4.69, 9.17) is 4.74 Å². The Balaban J connectivity index is 2.32. The van der Waals surface area contributed by atoms with Crippen LogP contribution in [0.4, 0.5) is 4.39 Å². The molecule has 1 unspecified atom stereocenters. The average molecular weight is 146 g/mol. The van der Waals surface area contributed by atoms with E-state index in [0.717, 1.165) is 13.0 Å². The Morgan fingerprint density at radius 1 is 1.50 bits per heavy atom. The highest BCUT2D eigenvalue weighted by atomic mass is 19.1. The van der Waals surface area contributed by atoms with Gasteiger partial charge >= 0.3 is 0 Å². The van der Waals surface area contributed by atoms with Gasteiger partial charge in [0, 0.05) is 12.5 Å². The SMILES string of the molecule is CC(C)C(F)[C@H]1CCOC1. The summed E-state index contributed by atoms with van der Waals surface area (Å²) in [5.74, 6) is 0.312. The Bertz CT molecular complexity index is 97.4. The number of hydrogen-bond donors (Lipinski definition) is 0. The molecule has 0 radical (unpaired) electrons. The van der Waals surface area contributed by atoms with Crippen molar-refractivity contribution >= 4 is 0 Å². The lowest BCUT2D eigenvalue weighted by Gasteiger charge is -2.16. The number of rotatable bonds is 2. The molecule has 1 aliphatic heterocycles. The monoisotopic (exact) mass is 146 g/mol. The zero-order valence-corrected chi connectivity index (χ0v) is 6.64. The molecule has 0 aromatic heterocycles. The maximum absolute atomic E-state index is 13.2. The number of halogens is 1. The first-order valence-corrected chi connectivity index (χ1v) is 3.93. The molecule has 0 aliphatic carbocycles. The molecular formula is C8H15FO. The van der Waals surface area contributed by atoms with Gasteiger partial charge in [0.2, 0.25) is 0 Å². The van der Waals surface area contributed by atoms with Crippen LogP contribution in [0.5, 0.6) is 0 Å². The average Bonchev–Trinajstić information content (AvgIpc) is 2.36. The zero-order chi connectivity index (χ0) is 7.56. The summed E-state index contributed by atoms with van der Waals surface area (Å²) in [4.78, 5) is 0. The fourth-order valence-electron chi connectivity index (χ4n) is 1.35. The van der Waals surface area contributed by atoms with Crippen LogP contribution < -0.4 is 0 Å². The smallest absolute Gasteiger partial charge is 0.107 e. The molecule has 1 fully saturated rings. The van der Waals surface area contributed by atoms with Gasteiger partial charge in [-0.2, -0.15) is 0 Å². The van der Waals surface area contributed by atoms with E-state index in [1.54, 1.807) is 0 Å². The van der Waals surface area contributed by atoms with Crippen molar-refractivity contribution in [2.45, 2.75) is 26.4 Å². The van der Waals surface area contributed by atoms with E-state index in [0.29, 0.717) is 6.61 Å². The van der Waals surface area contributed by atoms with E-state index in [1.165, 1.54) is 0 Å². The predicted octanol–water partition coefficient (Wildman–Crippen LogP) is 2.02. The van der Waals surface area contributed by atoms with Crippen LogP contribution in [0, 0.1) is 11.8 Å². The number of alkyl halides is 1. The third kappa shape index (κ3) is 1.69. The molecule has 1 aliphatic rings. The highest BCUT2D eigenvalue weighted by molar-refractivity contribution is 4.74.